The van der Waals surface area contributed by atoms with Gasteiger partial charge in [0.15, 0.2) is 0 Å². The number of nitrogens with zero attached hydrogens (tertiary/aromatic N) is 1. The first kappa shape index (κ1) is 30.5. The molecule has 4 amide bonds. The maximum Gasteiger partial charge on any atom is 0.326 e. The number of unbranched alkanes of at least 4 members (excludes halogenated alkanes) is 1. The third-order valence-electron chi connectivity index (χ3n) is 6.42. The van der Waals surface area contributed by atoms with Gasteiger partial charge >= 0.3 is 5.97 Å². The van der Waals surface area contributed by atoms with Gasteiger partial charge in [0.25, 0.3) is 0 Å². The van der Waals surface area contributed by atoms with Crippen molar-refractivity contribution in [3.05, 3.63) is 29.8 Å². The van der Waals surface area contributed by atoms with Crippen LogP contribution < -0.4 is 27.8 Å². The quantitative estimate of drug-likeness (QED) is 0.132. The highest BCUT2D eigenvalue weighted by molar-refractivity contribution is 5.94. The van der Waals surface area contributed by atoms with Crippen LogP contribution in [0.15, 0.2) is 24.3 Å². The van der Waals surface area contributed by atoms with Crippen LogP contribution in [0.2, 0.25) is 0 Å². The van der Waals surface area contributed by atoms with Crippen LogP contribution in [-0.4, -0.2) is 82.0 Å². The average molecular weight is 535 g/mol. The average Bonchev–Trinajstić information content (AvgIpc) is 3.36. The van der Waals surface area contributed by atoms with Crippen molar-refractivity contribution in [3.63, 3.8) is 0 Å². The topological polar surface area (TPSA) is 231 Å². The van der Waals surface area contributed by atoms with Crippen molar-refractivity contribution >= 4 is 29.6 Å². The highest BCUT2D eigenvalue weighted by Gasteiger charge is 2.38. The van der Waals surface area contributed by atoms with Crippen LogP contribution in [0, 0.1) is 0 Å². The van der Waals surface area contributed by atoms with E-state index in [9.17, 15) is 34.2 Å². The molecular weight excluding hydrogens is 496 g/mol. The van der Waals surface area contributed by atoms with Crippen molar-refractivity contribution in [2.75, 3.05) is 13.1 Å². The van der Waals surface area contributed by atoms with Gasteiger partial charge in [0.2, 0.25) is 23.6 Å². The number of carbonyl (C=O) groups is 5. The molecule has 1 aromatic carbocycles. The van der Waals surface area contributed by atoms with Gasteiger partial charge in [0.1, 0.15) is 23.9 Å². The number of nitrogens with one attached hydrogen (secondary N) is 2. The molecule has 38 heavy (non-hydrogen) atoms. The number of rotatable bonds is 15. The molecule has 13 nitrogen and oxygen atoms in total. The van der Waals surface area contributed by atoms with E-state index in [1.165, 1.54) is 17.0 Å². The Hall–Kier alpha value is -3.71. The lowest BCUT2D eigenvalue weighted by Gasteiger charge is -2.28. The van der Waals surface area contributed by atoms with Gasteiger partial charge < -0.3 is 42.9 Å². The second kappa shape index (κ2) is 14.9. The van der Waals surface area contributed by atoms with E-state index in [4.69, 9.17) is 17.2 Å². The zero-order valence-electron chi connectivity index (χ0n) is 21.3. The fourth-order valence-corrected chi connectivity index (χ4v) is 4.34. The summed E-state index contributed by atoms with van der Waals surface area (Å²) in [7, 11) is 0. The number of carboxylic acids is 1. The third-order valence-corrected chi connectivity index (χ3v) is 6.42. The Bertz CT molecular complexity index is 987. The van der Waals surface area contributed by atoms with Crippen LogP contribution in [0.3, 0.4) is 0 Å². The van der Waals surface area contributed by atoms with Crippen molar-refractivity contribution in [1.29, 1.82) is 0 Å². The summed E-state index contributed by atoms with van der Waals surface area (Å²) in [6.45, 7) is 0.688. The highest BCUT2D eigenvalue weighted by Crippen LogP contribution is 2.20. The van der Waals surface area contributed by atoms with E-state index in [0.717, 1.165) is 5.56 Å². The van der Waals surface area contributed by atoms with E-state index in [2.05, 4.69) is 10.6 Å². The molecule has 4 unspecified atom stereocenters. The second-order valence-corrected chi connectivity index (χ2v) is 9.42. The molecule has 0 bridgehead atoms. The van der Waals surface area contributed by atoms with Crippen LogP contribution in [0.4, 0.5) is 0 Å². The molecule has 1 aliphatic heterocycles. The predicted octanol–water partition coefficient (Wildman–Crippen LogP) is -1.30. The molecule has 1 heterocycles. The van der Waals surface area contributed by atoms with Crippen molar-refractivity contribution in [2.24, 2.45) is 17.2 Å². The van der Waals surface area contributed by atoms with Gasteiger partial charge in [-0.3, -0.25) is 19.2 Å². The van der Waals surface area contributed by atoms with E-state index < -0.39 is 53.8 Å². The number of nitrogens with two attached hydrogens (primary N) is 3. The van der Waals surface area contributed by atoms with Gasteiger partial charge in [0, 0.05) is 13.0 Å². The van der Waals surface area contributed by atoms with Crippen LogP contribution in [0.5, 0.6) is 5.75 Å². The number of aromatic hydroxyl groups is 1. The van der Waals surface area contributed by atoms with Gasteiger partial charge in [-0.25, -0.2) is 4.79 Å². The third kappa shape index (κ3) is 9.30. The van der Waals surface area contributed by atoms with E-state index in [1.807, 2.05) is 0 Å². The number of hydrogen-bond donors (Lipinski definition) is 7. The Balaban J connectivity index is 2.08. The Morgan fingerprint density at radius 1 is 1.03 bits per heavy atom. The number of phenolic OH excluding ortho intramolecular Hbond substituents is 1. The van der Waals surface area contributed by atoms with Crippen molar-refractivity contribution in [2.45, 2.75) is 75.5 Å². The first-order chi connectivity index (χ1) is 18.0. The summed E-state index contributed by atoms with van der Waals surface area (Å²) in [5.74, 6) is -3.63. The SMILES string of the molecule is NCCCCC(NC(=O)C(CCC(N)=O)NC(=O)C1CCCN1C(=O)C(N)Cc1ccc(O)cc1)C(=O)O. The Kier molecular flexibility index (Phi) is 12.0. The van der Waals surface area contributed by atoms with E-state index in [0.29, 0.717) is 38.8 Å². The van der Waals surface area contributed by atoms with Gasteiger partial charge in [-0.05, 0) is 69.2 Å². The Morgan fingerprint density at radius 2 is 1.71 bits per heavy atom. The Morgan fingerprint density at radius 3 is 2.32 bits per heavy atom. The zero-order valence-corrected chi connectivity index (χ0v) is 21.3. The number of carbonyl (C=O) groups excluding carboxylic acids is 4. The molecule has 2 rings (SSSR count). The molecule has 0 aromatic heterocycles. The van der Waals surface area contributed by atoms with Crippen molar-refractivity contribution < 1.29 is 34.2 Å². The molecule has 0 aliphatic carbocycles. The molecule has 1 fully saturated rings. The molecular formula is C25H38N6O7. The molecule has 10 N–H and O–H groups in total. The fraction of sp³-hybridized carbons (Fsp3) is 0.560. The van der Waals surface area contributed by atoms with Crippen LogP contribution in [-0.2, 0) is 30.4 Å². The number of phenols is 1. The summed E-state index contributed by atoms with van der Waals surface area (Å²) < 4.78 is 0. The minimum atomic E-state index is -1.23. The summed E-state index contributed by atoms with van der Waals surface area (Å²) in [6.07, 6.45) is 1.97. The van der Waals surface area contributed by atoms with Crippen molar-refractivity contribution in [1.82, 2.24) is 15.5 Å². The van der Waals surface area contributed by atoms with Crippen LogP contribution >= 0.6 is 0 Å². The monoisotopic (exact) mass is 534 g/mol. The van der Waals surface area contributed by atoms with Crippen LogP contribution in [0.1, 0.15) is 50.5 Å². The van der Waals surface area contributed by atoms with E-state index in [1.54, 1.807) is 12.1 Å². The minimum Gasteiger partial charge on any atom is -0.508 e. The standard InChI is InChI=1S/C25H38N6O7/c26-12-2-1-4-19(25(37)38)30-22(34)18(10-11-21(28)33)29-23(35)20-5-3-13-31(20)24(36)17(27)14-15-6-8-16(32)9-7-15/h6-9,17-20,32H,1-5,10-14,26-27H2,(H2,28,33)(H,29,35)(H,30,34)(H,37,38). The lowest BCUT2D eigenvalue weighted by molar-refractivity contribution is -0.143. The molecule has 1 saturated heterocycles. The maximum absolute atomic E-state index is 13.2. The molecule has 4 atom stereocenters. The van der Waals surface area contributed by atoms with Crippen LogP contribution in [0.25, 0.3) is 0 Å². The fourth-order valence-electron chi connectivity index (χ4n) is 4.34. The molecule has 1 aliphatic rings. The number of benzene rings is 1. The lowest BCUT2D eigenvalue weighted by Crippen LogP contribution is -2.56. The van der Waals surface area contributed by atoms with Crippen molar-refractivity contribution in [3.8, 4) is 5.75 Å². The second-order valence-electron chi connectivity index (χ2n) is 9.42. The number of hydrogen-bond acceptors (Lipinski definition) is 8. The maximum atomic E-state index is 13.2. The molecule has 0 radical (unpaired) electrons. The Labute approximate surface area is 221 Å². The lowest BCUT2D eigenvalue weighted by atomic mass is 10.0. The molecule has 0 saturated carbocycles. The van der Waals surface area contributed by atoms with E-state index >= 15 is 0 Å². The summed E-state index contributed by atoms with van der Waals surface area (Å²) in [5.41, 5.74) is 17.5. The van der Waals surface area contributed by atoms with Gasteiger partial charge in [0.05, 0.1) is 6.04 Å². The molecule has 210 valence electrons. The van der Waals surface area contributed by atoms with Gasteiger partial charge in [-0.2, -0.15) is 0 Å². The largest absolute Gasteiger partial charge is 0.508 e. The molecule has 1 aromatic rings. The minimum absolute atomic E-state index is 0.0880. The van der Waals surface area contributed by atoms with Gasteiger partial charge in [-0.15, -0.1) is 0 Å². The number of amides is 4. The molecule has 0 spiro atoms. The van der Waals surface area contributed by atoms with E-state index in [-0.39, 0.29) is 31.4 Å². The summed E-state index contributed by atoms with van der Waals surface area (Å²) in [5, 5.41) is 23.9. The normalized spacial score (nSPS) is 17.3. The number of likely N-dealkylation sites (tertiary alicyclic amines) is 1. The number of primary amides is 1. The van der Waals surface area contributed by atoms with Gasteiger partial charge in [-0.1, -0.05) is 12.1 Å². The zero-order chi connectivity index (χ0) is 28.2. The summed E-state index contributed by atoms with van der Waals surface area (Å²) in [4.78, 5) is 63.5. The first-order valence-corrected chi connectivity index (χ1v) is 12.7. The summed E-state index contributed by atoms with van der Waals surface area (Å²) in [6, 6.07) is 2.06. The number of carboxylic acid groups (broad SMARTS) is 1. The highest BCUT2D eigenvalue weighted by atomic mass is 16.4. The summed E-state index contributed by atoms with van der Waals surface area (Å²) >= 11 is 0. The molecule has 13 heteroatoms. The smallest absolute Gasteiger partial charge is 0.326 e. The number of aliphatic carboxylic acids is 1. The predicted molar refractivity (Wildman–Crippen MR) is 137 cm³/mol. The first-order valence-electron chi connectivity index (χ1n) is 12.7.